The van der Waals surface area contributed by atoms with Gasteiger partial charge in [0.2, 0.25) is 0 Å². The van der Waals surface area contributed by atoms with Crippen LogP contribution in [0.15, 0.2) is 33.9 Å². The number of aliphatic hydroxyl groups is 1. The van der Waals surface area contributed by atoms with Crippen molar-refractivity contribution >= 4 is 16.9 Å². The minimum absolute atomic E-state index is 0.0286. The molecule has 8 nitrogen and oxygen atoms in total. The highest BCUT2D eigenvalue weighted by atomic mass is 19.1. The average Bonchev–Trinajstić information content (AvgIpc) is 3.67. The predicted octanol–water partition coefficient (Wildman–Crippen LogP) is 3.17. The second kappa shape index (κ2) is 8.35. The zero-order chi connectivity index (χ0) is 26.3. The molecule has 0 radical (unpaired) electrons. The van der Waals surface area contributed by atoms with Crippen LogP contribution in [0.3, 0.4) is 0 Å². The van der Waals surface area contributed by atoms with E-state index in [4.69, 9.17) is 4.74 Å². The van der Waals surface area contributed by atoms with Crippen LogP contribution >= 0.6 is 0 Å². The van der Waals surface area contributed by atoms with Crippen LogP contribution < -0.4 is 11.0 Å². The van der Waals surface area contributed by atoms with E-state index in [1.807, 2.05) is 0 Å². The lowest BCUT2D eigenvalue weighted by Gasteiger charge is -2.31. The first-order valence-electron chi connectivity index (χ1n) is 13.6. The molecule has 1 saturated carbocycles. The zero-order valence-corrected chi connectivity index (χ0v) is 21.3. The van der Waals surface area contributed by atoms with Crippen molar-refractivity contribution < 1.29 is 19.0 Å². The van der Waals surface area contributed by atoms with Gasteiger partial charge >= 0.3 is 5.97 Å². The van der Waals surface area contributed by atoms with E-state index in [-0.39, 0.29) is 53.1 Å². The third-order valence-corrected chi connectivity index (χ3v) is 9.28. The molecule has 0 bridgehead atoms. The number of hydrogen-bond donors (Lipinski definition) is 1. The number of aromatic nitrogens is 2. The van der Waals surface area contributed by atoms with Gasteiger partial charge in [-0.3, -0.25) is 14.5 Å². The highest BCUT2D eigenvalue weighted by Gasteiger charge is 2.46. The number of benzene rings is 1. The quantitative estimate of drug-likeness (QED) is 0.418. The van der Waals surface area contributed by atoms with E-state index in [0.717, 1.165) is 25.2 Å². The number of pyridine rings is 2. The van der Waals surface area contributed by atoms with Crippen molar-refractivity contribution in [1.29, 1.82) is 0 Å². The Morgan fingerprint density at radius 3 is 2.66 bits per heavy atom. The summed E-state index contributed by atoms with van der Waals surface area (Å²) in [5, 5.41) is 11.5. The number of rotatable bonds is 3. The highest BCUT2D eigenvalue weighted by Crippen LogP contribution is 2.40. The molecule has 1 saturated heterocycles. The number of nitrogens with zero attached hydrogens (tertiary/aromatic N) is 3. The monoisotopic (exact) mass is 519 g/mol. The molecule has 4 aliphatic rings. The number of cyclic esters (lactones) is 1. The van der Waals surface area contributed by atoms with Crippen LogP contribution in [0.1, 0.15) is 68.3 Å². The lowest BCUT2D eigenvalue weighted by molar-refractivity contribution is -0.172. The number of carbonyl (C=O) groups excluding carboxylic acids is 1. The molecule has 1 N–H and O–H groups in total. The Morgan fingerprint density at radius 1 is 1.11 bits per heavy atom. The number of carbonyl (C=O) groups is 1. The molecule has 2 fully saturated rings. The molecule has 7 rings (SSSR count). The first-order chi connectivity index (χ1) is 18.3. The Bertz CT molecular complexity index is 1640. The second-order valence-corrected chi connectivity index (χ2v) is 11.2. The molecule has 0 unspecified atom stereocenters. The van der Waals surface area contributed by atoms with Crippen LogP contribution in [-0.4, -0.2) is 44.2 Å². The minimum atomic E-state index is -1.96. The number of hydrogen-bond acceptors (Lipinski definition) is 6. The fourth-order valence-electron chi connectivity index (χ4n) is 7.26. The average molecular weight is 520 g/mol. The molecule has 2 aromatic heterocycles. The Balaban J connectivity index is 1.46. The topological polar surface area (TPSA) is 93.8 Å². The van der Waals surface area contributed by atoms with E-state index in [1.165, 1.54) is 42.4 Å². The zero-order valence-electron chi connectivity index (χ0n) is 21.3. The van der Waals surface area contributed by atoms with E-state index in [0.29, 0.717) is 22.8 Å². The fourth-order valence-corrected chi connectivity index (χ4v) is 7.26. The summed E-state index contributed by atoms with van der Waals surface area (Å²) in [5.74, 6) is -1.30. The van der Waals surface area contributed by atoms with Gasteiger partial charge in [0.25, 0.3) is 5.56 Å². The van der Waals surface area contributed by atoms with Gasteiger partial charge in [-0.25, -0.2) is 9.18 Å². The van der Waals surface area contributed by atoms with Crippen molar-refractivity contribution in [3.8, 4) is 11.3 Å². The molecule has 9 heteroatoms. The summed E-state index contributed by atoms with van der Waals surface area (Å²) in [6.07, 6.45) is 5.84. The van der Waals surface area contributed by atoms with Gasteiger partial charge in [-0.1, -0.05) is 19.8 Å². The number of halogens is 1. The third kappa shape index (κ3) is 3.18. The van der Waals surface area contributed by atoms with Crippen LogP contribution in [0.25, 0.3) is 22.2 Å². The summed E-state index contributed by atoms with van der Waals surface area (Å²) in [7, 11) is 0. The van der Waals surface area contributed by atoms with Crippen molar-refractivity contribution in [3.05, 3.63) is 67.5 Å². The van der Waals surface area contributed by atoms with Crippen molar-refractivity contribution in [1.82, 2.24) is 14.0 Å². The summed E-state index contributed by atoms with van der Waals surface area (Å²) in [6.45, 7) is 3.42. The van der Waals surface area contributed by atoms with Gasteiger partial charge in [-0.05, 0) is 49.9 Å². The standard InChI is InChI=1S/C29H30FN3O5/c1-2-29(37)21-12-23-25-24(14-32(23)27(35)20(21)15-38-28(29)36)33(22-8-7-16(30)11-19(22)26(25)34)18-9-10-31(13-18)17-5-3-4-6-17/h7-8,11-12,17-18,37H,2-6,9-10,13-15H2,1H3/t18-,29+/m1/s1. The molecule has 5 heterocycles. The van der Waals surface area contributed by atoms with E-state index in [9.17, 15) is 23.9 Å². The van der Waals surface area contributed by atoms with Crippen LogP contribution in [0.2, 0.25) is 0 Å². The predicted molar refractivity (Wildman–Crippen MR) is 138 cm³/mol. The van der Waals surface area contributed by atoms with Crippen LogP contribution in [0.5, 0.6) is 0 Å². The molecular formula is C29H30FN3O5. The molecule has 2 atom stereocenters. The molecule has 0 amide bonds. The molecular weight excluding hydrogens is 489 g/mol. The number of likely N-dealkylation sites (tertiary alicyclic amines) is 1. The lowest BCUT2D eigenvalue weighted by Crippen LogP contribution is -2.44. The van der Waals surface area contributed by atoms with Crippen LogP contribution in [-0.2, 0) is 28.3 Å². The molecule has 198 valence electrons. The Hall–Kier alpha value is -3.30. The summed E-state index contributed by atoms with van der Waals surface area (Å²) < 4.78 is 23.3. The molecule has 3 aliphatic heterocycles. The number of fused-ring (bicyclic) bond motifs is 5. The Kier molecular flexibility index (Phi) is 5.23. The maximum Gasteiger partial charge on any atom is 0.343 e. The molecule has 0 spiro atoms. The van der Waals surface area contributed by atoms with E-state index in [1.54, 1.807) is 19.1 Å². The van der Waals surface area contributed by atoms with Crippen molar-refractivity contribution in [2.75, 3.05) is 13.1 Å². The van der Waals surface area contributed by atoms with E-state index in [2.05, 4.69) is 9.47 Å². The third-order valence-electron chi connectivity index (χ3n) is 9.28. The minimum Gasteiger partial charge on any atom is -0.458 e. The van der Waals surface area contributed by atoms with Crippen LogP contribution in [0, 0.1) is 5.82 Å². The van der Waals surface area contributed by atoms with E-state index >= 15 is 0 Å². The first kappa shape index (κ1) is 23.8. The van der Waals surface area contributed by atoms with E-state index < -0.39 is 17.4 Å². The van der Waals surface area contributed by atoms with Crippen molar-refractivity contribution in [2.24, 2.45) is 0 Å². The van der Waals surface area contributed by atoms with Gasteiger partial charge in [0.05, 0.1) is 34.6 Å². The number of esters is 1. The summed E-state index contributed by atoms with van der Waals surface area (Å²) in [5.41, 5.74) is -0.163. The molecule has 38 heavy (non-hydrogen) atoms. The molecule has 1 aromatic carbocycles. The van der Waals surface area contributed by atoms with Gasteiger partial charge in [0.1, 0.15) is 12.4 Å². The largest absolute Gasteiger partial charge is 0.458 e. The maximum atomic E-state index is 14.4. The van der Waals surface area contributed by atoms with Gasteiger partial charge in [0.15, 0.2) is 11.0 Å². The summed E-state index contributed by atoms with van der Waals surface area (Å²) >= 11 is 0. The van der Waals surface area contributed by atoms with Gasteiger partial charge in [-0.15, -0.1) is 0 Å². The second-order valence-electron chi connectivity index (χ2n) is 11.2. The molecule has 3 aromatic rings. The fraction of sp³-hybridized carbons (Fsp3) is 0.483. The van der Waals surface area contributed by atoms with Crippen molar-refractivity contribution in [3.63, 3.8) is 0 Å². The number of ether oxygens (including phenoxy) is 1. The summed E-state index contributed by atoms with van der Waals surface area (Å²) in [4.78, 5) is 42.6. The van der Waals surface area contributed by atoms with Gasteiger partial charge < -0.3 is 19.0 Å². The highest BCUT2D eigenvalue weighted by molar-refractivity contribution is 5.88. The molecule has 1 aliphatic carbocycles. The first-order valence-corrected chi connectivity index (χ1v) is 13.6. The Labute approximate surface area is 218 Å². The SMILES string of the molecule is CC[C@@]1(O)C(=O)OCc2c1cc1n(c2=O)Cc2c-1c(=O)c1cc(F)ccc1n2[C@@H]1CCN(C2CCCC2)C1. The smallest absolute Gasteiger partial charge is 0.343 e. The Morgan fingerprint density at radius 2 is 1.89 bits per heavy atom. The van der Waals surface area contributed by atoms with Crippen molar-refractivity contribution in [2.45, 2.75) is 76.3 Å². The van der Waals surface area contributed by atoms with Gasteiger partial charge in [-0.2, -0.15) is 0 Å². The van der Waals surface area contributed by atoms with Crippen LogP contribution in [0.4, 0.5) is 4.39 Å². The normalized spacial score (nSPS) is 25.0. The summed E-state index contributed by atoms with van der Waals surface area (Å²) in [6, 6.07) is 6.58. The maximum absolute atomic E-state index is 14.4. The lowest BCUT2D eigenvalue weighted by atomic mass is 9.85. The van der Waals surface area contributed by atoms with Gasteiger partial charge in [0, 0.05) is 36.1 Å².